The number of methoxy groups -OCH3 is 1. The lowest BCUT2D eigenvalue weighted by Crippen LogP contribution is -2.35. The SMILES string of the molecule is COc1ccc2c(c1)CCCN2S(=O)(=O)c1ccc2c(c1)CC(=O)N2C. The van der Waals surface area contributed by atoms with E-state index in [4.69, 9.17) is 4.74 Å². The molecule has 136 valence electrons. The van der Waals surface area contributed by atoms with Gasteiger partial charge in [0.25, 0.3) is 10.0 Å². The number of fused-ring (bicyclic) bond motifs is 2. The molecule has 2 heterocycles. The van der Waals surface area contributed by atoms with Crippen molar-refractivity contribution < 1.29 is 17.9 Å². The van der Waals surface area contributed by atoms with Crippen LogP contribution in [0.1, 0.15) is 17.5 Å². The molecule has 26 heavy (non-hydrogen) atoms. The number of hydrogen-bond acceptors (Lipinski definition) is 4. The molecule has 0 aliphatic carbocycles. The third kappa shape index (κ3) is 2.54. The number of benzene rings is 2. The van der Waals surface area contributed by atoms with Gasteiger partial charge in [0.15, 0.2) is 0 Å². The van der Waals surface area contributed by atoms with Crippen molar-refractivity contribution in [2.45, 2.75) is 24.2 Å². The molecule has 4 rings (SSSR count). The van der Waals surface area contributed by atoms with Crippen LogP contribution in [0.15, 0.2) is 41.3 Å². The summed E-state index contributed by atoms with van der Waals surface area (Å²) >= 11 is 0. The van der Waals surface area contributed by atoms with E-state index in [0.29, 0.717) is 12.2 Å². The zero-order valence-electron chi connectivity index (χ0n) is 14.7. The van der Waals surface area contributed by atoms with Gasteiger partial charge in [-0.05, 0) is 60.4 Å². The van der Waals surface area contributed by atoms with Gasteiger partial charge < -0.3 is 9.64 Å². The van der Waals surface area contributed by atoms with E-state index in [9.17, 15) is 13.2 Å². The molecule has 0 N–H and O–H groups in total. The minimum absolute atomic E-state index is 0.0232. The minimum atomic E-state index is -3.69. The molecule has 0 saturated heterocycles. The molecule has 1 amide bonds. The predicted octanol–water partition coefficient (Wildman–Crippen LogP) is 2.36. The van der Waals surface area contributed by atoms with Gasteiger partial charge in [-0.15, -0.1) is 0 Å². The monoisotopic (exact) mass is 372 g/mol. The number of anilines is 2. The normalized spacial score (nSPS) is 16.5. The van der Waals surface area contributed by atoms with Crippen LogP contribution >= 0.6 is 0 Å². The summed E-state index contributed by atoms with van der Waals surface area (Å²) in [5.74, 6) is 0.701. The molecule has 2 aromatic carbocycles. The smallest absolute Gasteiger partial charge is 0.264 e. The first-order valence-corrected chi connectivity index (χ1v) is 9.95. The molecule has 0 aromatic heterocycles. The Balaban J connectivity index is 1.75. The fourth-order valence-corrected chi connectivity index (χ4v) is 5.24. The lowest BCUT2D eigenvalue weighted by Gasteiger charge is -2.31. The summed E-state index contributed by atoms with van der Waals surface area (Å²) in [6.07, 6.45) is 1.82. The van der Waals surface area contributed by atoms with E-state index in [1.54, 1.807) is 49.4 Å². The maximum absolute atomic E-state index is 13.3. The summed E-state index contributed by atoms with van der Waals surface area (Å²) < 4.78 is 33.2. The Hall–Kier alpha value is -2.54. The summed E-state index contributed by atoms with van der Waals surface area (Å²) in [6, 6.07) is 10.4. The van der Waals surface area contributed by atoms with Crippen LogP contribution in [0, 0.1) is 0 Å². The number of ether oxygens (including phenoxy) is 1. The van der Waals surface area contributed by atoms with Crippen molar-refractivity contribution in [3.63, 3.8) is 0 Å². The van der Waals surface area contributed by atoms with Crippen molar-refractivity contribution >= 4 is 27.3 Å². The topological polar surface area (TPSA) is 66.9 Å². The summed E-state index contributed by atoms with van der Waals surface area (Å²) in [5, 5.41) is 0. The molecular weight excluding hydrogens is 352 g/mol. The molecule has 2 aromatic rings. The van der Waals surface area contributed by atoms with Crippen LogP contribution < -0.4 is 13.9 Å². The van der Waals surface area contributed by atoms with Gasteiger partial charge in [-0.1, -0.05) is 0 Å². The molecule has 6 nitrogen and oxygen atoms in total. The van der Waals surface area contributed by atoms with Gasteiger partial charge in [0.2, 0.25) is 5.91 Å². The van der Waals surface area contributed by atoms with Crippen LogP contribution in [0.3, 0.4) is 0 Å². The summed E-state index contributed by atoms with van der Waals surface area (Å²) in [7, 11) is -0.385. The van der Waals surface area contributed by atoms with E-state index >= 15 is 0 Å². The first kappa shape index (κ1) is 16.9. The Morgan fingerprint density at radius 1 is 1.04 bits per heavy atom. The highest BCUT2D eigenvalue weighted by atomic mass is 32.2. The quantitative estimate of drug-likeness (QED) is 0.830. The Kier molecular flexibility index (Phi) is 3.91. The molecule has 0 saturated carbocycles. The van der Waals surface area contributed by atoms with Crippen molar-refractivity contribution in [1.82, 2.24) is 0 Å². The first-order chi connectivity index (χ1) is 12.4. The second-order valence-corrected chi connectivity index (χ2v) is 8.46. The second kappa shape index (κ2) is 6.02. The van der Waals surface area contributed by atoms with E-state index in [1.165, 1.54) is 4.31 Å². The van der Waals surface area contributed by atoms with Crippen LogP contribution in [-0.2, 0) is 27.7 Å². The van der Waals surface area contributed by atoms with Crippen molar-refractivity contribution in [2.24, 2.45) is 0 Å². The van der Waals surface area contributed by atoms with E-state index < -0.39 is 10.0 Å². The van der Waals surface area contributed by atoms with Gasteiger partial charge in [0, 0.05) is 19.3 Å². The maximum Gasteiger partial charge on any atom is 0.264 e. The van der Waals surface area contributed by atoms with Crippen LogP contribution in [0.4, 0.5) is 11.4 Å². The standard InChI is InChI=1S/C19H20N2O4S/c1-20-17-8-6-16(11-14(17)12-19(20)22)26(23,24)21-9-3-4-13-10-15(25-2)5-7-18(13)21/h5-8,10-11H,3-4,9,12H2,1-2H3. The number of rotatable bonds is 3. The first-order valence-electron chi connectivity index (χ1n) is 8.51. The molecule has 0 atom stereocenters. The Labute approximate surface area is 153 Å². The summed E-state index contributed by atoms with van der Waals surface area (Å²) in [6.45, 7) is 0.442. The van der Waals surface area contributed by atoms with Gasteiger partial charge in [-0.2, -0.15) is 0 Å². The number of nitrogens with zero attached hydrogens (tertiary/aromatic N) is 2. The fourth-order valence-electron chi connectivity index (χ4n) is 3.65. The molecule has 0 radical (unpaired) electrons. The molecule has 2 aliphatic rings. The zero-order chi connectivity index (χ0) is 18.5. The molecule has 0 fully saturated rings. The van der Waals surface area contributed by atoms with Crippen molar-refractivity contribution in [1.29, 1.82) is 0 Å². The number of hydrogen-bond donors (Lipinski definition) is 0. The molecule has 0 bridgehead atoms. The second-order valence-electron chi connectivity index (χ2n) is 6.60. The lowest BCUT2D eigenvalue weighted by atomic mass is 10.0. The highest BCUT2D eigenvalue weighted by Crippen LogP contribution is 2.36. The minimum Gasteiger partial charge on any atom is -0.497 e. The van der Waals surface area contributed by atoms with E-state index in [0.717, 1.165) is 35.4 Å². The van der Waals surface area contributed by atoms with E-state index in [-0.39, 0.29) is 17.2 Å². The van der Waals surface area contributed by atoms with Crippen molar-refractivity contribution in [3.05, 3.63) is 47.5 Å². The van der Waals surface area contributed by atoms with Gasteiger partial charge in [0.1, 0.15) is 5.75 Å². The maximum atomic E-state index is 13.3. The van der Waals surface area contributed by atoms with Gasteiger partial charge in [-0.25, -0.2) is 8.42 Å². The van der Waals surface area contributed by atoms with Gasteiger partial charge in [-0.3, -0.25) is 9.10 Å². The van der Waals surface area contributed by atoms with Crippen LogP contribution in [0.25, 0.3) is 0 Å². The highest BCUT2D eigenvalue weighted by Gasteiger charge is 2.31. The highest BCUT2D eigenvalue weighted by molar-refractivity contribution is 7.92. The van der Waals surface area contributed by atoms with Gasteiger partial charge >= 0.3 is 0 Å². The third-order valence-corrected chi connectivity index (χ3v) is 6.89. The third-order valence-electron chi connectivity index (χ3n) is 5.08. The number of sulfonamides is 1. The number of carbonyl (C=O) groups excluding carboxylic acids is 1. The van der Waals surface area contributed by atoms with Gasteiger partial charge in [0.05, 0.1) is 24.1 Å². The zero-order valence-corrected chi connectivity index (χ0v) is 15.5. The lowest BCUT2D eigenvalue weighted by molar-refractivity contribution is -0.117. The number of likely N-dealkylation sites (N-methyl/N-ethyl adjacent to an activating group) is 1. The molecular formula is C19H20N2O4S. The number of amides is 1. The summed E-state index contributed by atoms with van der Waals surface area (Å²) in [5.41, 5.74) is 3.20. The van der Waals surface area contributed by atoms with Crippen molar-refractivity contribution in [3.8, 4) is 5.75 Å². The van der Waals surface area contributed by atoms with Crippen LogP contribution in [0.5, 0.6) is 5.75 Å². The number of carbonyl (C=O) groups is 1. The Morgan fingerprint density at radius 3 is 2.58 bits per heavy atom. The van der Waals surface area contributed by atoms with Crippen LogP contribution in [-0.4, -0.2) is 35.0 Å². The van der Waals surface area contributed by atoms with E-state index in [2.05, 4.69) is 0 Å². The molecule has 0 spiro atoms. The Morgan fingerprint density at radius 2 is 1.81 bits per heavy atom. The average Bonchev–Trinajstić information content (AvgIpc) is 2.94. The fraction of sp³-hybridized carbons (Fsp3) is 0.316. The summed E-state index contributed by atoms with van der Waals surface area (Å²) in [4.78, 5) is 13.7. The predicted molar refractivity (Wildman–Crippen MR) is 99.4 cm³/mol. The average molecular weight is 372 g/mol. The van der Waals surface area contributed by atoms with E-state index in [1.807, 2.05) is 6.07 Å². The Bertz CT molecular complexity index is 1000. The van der Waals surface area contributed by atoms with Crippen molar-refractivity contribution in [2.75, 3.05) is 29.9 Å². The number of aryl methyl sites for hydroxylation is 1. The largest absolute Gasteiger partial charge is 0.497 e. The molecule has 2 aliphatic heterocycles. The van der Waals surface area contributed by atoms with Crippen LogP contribution in [0.2, 0.25) is 0 Å². The molecule has 7 heteroatoms. The molecule has 0 unspecified atom stereocenters.